The molecular weight excluding hydrogens is 172 g/mol. The van der Waals surface area contributed by atoms with Crippen molar-refractivity contribution in [2.24, 2.45) is 17.6 Å². The fraction of sp³-hybridized carbons (Fsp3) is 1.00. The lowest BCUT2D eigenvalue weighted by molar-refractivity contribution is 0.196. The third-order valence-electron chi connectivity index (χ3n) is 3.62. The summed E-state index contributed by atoms with van der Waals surface area (Å²) in [6.07, 6.45) is 6.87. The molecule has 0 bridgehead atoms. The Kier molecular flexibility index (Phi) is 5.49. The minimum absolute atomic E-state index is 0.735. The molecule has 0 aromatic heterocycles. The fourth-order valence-electron chi connectivity index (χ4n) is 2.10. The maximum Gasteiger partial charge on any atom is 0.000661 e. The molecule has 0 aromatic carbocycles. The predicted octanol–water partition coefficient (Wildman–Crippen LogP) is 2.09. The molecule has 2 nitrogen and oxygen atoms in total. The van der Waals surface area contributed by atoms with Crippen LogP contribution in [0.25, 0.3) is 0 Å². The SMILES string of the molecule is CCC(CN)CCN(C)CC1CCC1. The van der Waals surface area contributed by atoms with Crippen molar-refractivity contribution in [2.45, 2.75) is 39.0 Å². The van der Waals surface area contributed by atoms with Gasteiger partial charge >= 0.3 is 0 Å². The average molecular weight is 198 g/mol. The highest BCUT2D eigenvalue weighted by atomic mass is 15.1. The minimum atomic E-state index is 0.735. The van der Waals surface area contributed by atoms with Gasteiger partial charge in [-0.05, 0) is 51.2 Å². The molecule has 1 aliphatic rings. The second-order valence-electron chi connectivity index (χ2n) is 4.86. The summed E-state index contributed by atoms with van der Waals surface area (Å²) in [6.45, 7) is 5.63. The largest absolute Gasteiger partial charge is 0.330 e. The maximum atomic E-state index is 5.69. The van der Waals surface area contributed by atoms with Crippen molar-refractivity contribution >= 4 is 0 Å². The quantitative estimate of drug-likeness (QED) is 0.679. The summed E-state index contributed by atoms with van der Waals surface area (Å²) >= 11 is 0. The Morgan fingerprint density at radius 1 is 1.43 bits per heavy atom. The van der Waals surface area contributed by atoms with Crippen molar-refractivity contribution in [1.29, 1.82) is 0 Å². The zero-order chi connectivity index (χ0) is 10.4. The second kappa shape index (κ2) is 6.41. The molecule has 0 saturated heterocycles. The second-order valence-corrected chi connectivity index (χ2v) is 4.86. The molecule has 1 rings (SSSR count). The zero-order valence-corrected chi connectivity index (χ0v) is 9.84. The summed E-state index contributed by atoms with van der Waals surface area (Å²) in [7, 11) is 2.25. The van der Waals surface area contributed by atoms with Crippen LogP contribution in [0.2, 0.25) is 0 Å². The third-order valence-corrected chi connectivity index (χ3v) is 3.62. The van der Waals surface area contributed by atoms with Gasteiger partial charge in [0.1, 0.15) is 0 Å². The van der Waals surface area contributed by atoms with Crippen molar-refractivity contribution in [3.63, 3.8) is 0 Å². The molecule has 0 aromatic rings. The molecule has 2 heteroatoms. The number of nitrogens with two attached hydrogens (primary N) is 1. The number of hydrogen-bond donors (Lipinski definition) is 1. The van der Waals surface area contributed by atoms with Crippen LogP contribution in [0, 0.1) is 11.8 Å². The van der Waals surface area contributed by atoms with Crippen molar-refractivity contribution in [2.75, 3.05) is 26.7 Å². The summed E-state index contributed by atoms with van der Waals surface area (Å²) in [5.74, 6) is 1.73. The molecule has 2 N–H and O–H groups in total. The first-order valence-electron chi connectivity index (χ1n) is 6.14. The van der Waals surface area contributed by atoms with Gasteiger partial charge in [0.05, 0.1) is 0 Å². The van der Waals surface area contributed by atoms with Gasteiger partial charge in [-0.25, -0.2) is 0 Å². The lowest BCUT2D eigenvalue weighted by atomic mass is 9.85. The van der Waals surface area contributed by atoms with E-state index in [-0.39, 0.29) is 0 Å². The Morgan fingerprint density at radius 2 is 2.14 bits per heavy atom. The van der Waals surface area contributed by atoms with Gasteiger partial charge in [0.15, 0.2) is 0 Å². The number of hydrogen-bond acceptors (Lipinski definition) is 2. The van der Waals surface area contributed by atoms with E-state index in [9.17, 15) is 0 Å². The van der Waals surface area contributed by atoms with Crippen LogP contribution in [0.15, 0.2) is 0 Å². The molecule has 1 aliphatic carbocycles. The van der Waals surface area contributed by atoms with Crippen LogP contribution >= 0.6 is 0 Å². The summed E-state index contributed by atoms with van der Waals surface area (Å²) in [6, 6.07) is 0. The van der Waals surface area contributed by atoms with E-state index in [0.29, 0.717) is 0 Å². The summed E-state index contributed by atoms with van der Waals surface area (Å²) in [5.41, 5.74) is 5.69. The van der Waals surface area contributed by atoms with Crippen LogP contribution in [-0.4, -0.2) is 31.6 Å². The van der Waals surface area contributed by atoms with E-state index in [4.69, 9.17) is 5.73 Å². The lowest BCUT2D eigenvalue weighted by Crippen LogP contribution is -2.31. The van der Waals surface area contributed by atoms with E-state index in [1.54, 1.807) is 0 Å². The first-order chi connectivity index (χ1) is 6.76. The van der Waals surface area contributed by atoms with Crippen LogP contribution in [0.1, 0.15) is 39.0 Å². The third kappa shape index (κ3) is 3.97. The summed E-state index contributed by atoms with van der Waals surface area (Å²) in [4.78, 5) is 2.49. The van der Waals surface area contributed by atoms with Gasteiger partial charge in [0.25, 0.3) is 0 Å². The molecule has 1 saturated carbocycles. The van der Waals surface area contributed by atoms with Gasteiger partial charge in [-0.2, -0.15) is 0 Å². The molecule has 0 radical (unpaired) electrons. The van der Waals surface area contributed by atoms with Gasteiger partial charge in [-0.3, -0.25) is 0 Å². The highest BCUT2D eigenvalue weighted by Crippen LogP contribution is 2.26. The van der Waals surface area contributed by atoms with Gasteiger partial charge in [0.2, 0.25) is 0 Å². The van der Waals surface area contributed by atoms with Crippen LogP contribution in [0.3, 0.4) is 0 Å². The maximum absolute atomic E-state index is 5.69. The van der Waals surface area contributed by atoms with Gasteiger partial charge < -0.3 is 10.6 Å². The van der Waals surface area contributed by atoms with E-state index < -0.39 is 0 Å². The van der Waals surface area contributed by atoms with E-state index >= 15 is 0 Å². The van der Waals surface area contributed by atoms with Gasteiger partial charge in [-0.15, -0.1) is 0 Å². The van der Waals surface area contributed by atoms with E-state index in [1.165, 1.54) is 45.2 Å². The Morgan fingerprint density at radius 3 is 2.57 bits per heavy atom. The first kappa shape index (κ1) is 12.0. The van der Waals surface area contributed by atoms with E-state index in [2.05, 4.69) is 18.9 Å². The highest BCUT2D eigenvalue weighted by molar-refractivity contribution is 4.73. The average Bonchev–Trinajstić information content (AvgIpc) is 2.13. The van der Waals surface area contributed by atoms with Gasteiger partial charge in [-0.1, -0.05) is 19.8 Å². The monoisotopic (exact) mass is 198 g/mol. The first-order valence-corrected chi connectivity index (χ1v) is 6.14. The standard InChI is InChI=1S/C12H26N2/c1-3-11(9-13)7-8-14(2)10-12-5-4-6-12/h11-12H,3-10,13H2,1-2H3. The Balaban J connectivity index is 2.03. The summed E-state index contributed by atoms with van der Waals surface area (Å²) in [5, 5.41) is 0. The van der Waals surface area contributed by atoms with Crippen molar-refractivity contribution in [3.05, 3.63) is 0 Å². The zero-order valence-electron chi connectivity index (χ0n) is 9.84. The molecule has 0 amide bonds. The molecule has 0 aliphatic heterocycles. The van der Waals surface area contributed by atoms with Crippen molar-refractivity contribution < 1.29 is 0 Å². The van der Waals surface area contributed by atoms with E-state index in [0.717, 1.165) is 18.4 Å². The molecule has 0 spiro atoms. The van der Waals surface area contributed by atoms with Crippen LogP contribution < -0.4 is 5.73 Å². The van der Waals surface area contributed by atoms with Crippen molar-refractivity contribution in [3.8, 4) is 0 Å². The predicted molar refractivity (Wildman–Crippen MR) is 62.3 cm³/mol. The van der Waals surface area contributed by atoms with E-state index in [1.807, 2.05) is 0 Å². The van der Waals surface area contributed by atoms with Crippen LogP contribution in [0.4, 0.5) is 0 Å². The Hall–Kier alpha value is -0.0800. The number of rotatable bonds is 7. The molecule has 14 heavy (non-hydrogen) atoms. The molecule has 84 valence electrons. The normalized spacial score (nSPS) is 19.7. The molecule has 0 heterocycles. The molecule has 1 atom stereocenters. The topological polar surface area (TPSA) is 29.3 Å². The minimum Gasteiger partial charge on any atom is -0.330 e. The van der Waals surface area contributed by atoms with Crippen LogP contribution in [-0.2, 0) is 0 Å². The van der Waals surface area contributed by atoms with Crippen molar-refractivity contribution in [1.82, 2.24) is 4.90 Å². The highest BCUT2D eigenvalue weighted by Gasteiger charge is 2.19. The number of nitrogens with zero attached hydrogens (tertiary/aromatic N) is 1. The fourth-order valence-corrected chi connectivity index (χ4v) is 2.10. The van der Waals surface area contributed by atoms with Gasteiger partial charge in [0, 0.05) is 6.54 Å². The summed E-state index contributed by atoms with van der Waals surface area (Å²) < 4.78 is 0. The molecule has 1 fully saturated rings. The Bertz CT molecular complexity index is 139. The lowest BCUT2D eigenvalue weighted by Gasteiger charge is -2.30. The Labute approximate surface area is 88.8 Å². The smallest absolute Gasteiger partial charge is 0.000661 e. The van der Waals surface area contributed by atoms with Crippen LogP contribution in [0.5, 0.6) is 0 Å². The molecular formula is C12H26N2. The molecule has 1 unspecified atom stereocenters.